The van der Waals surface area contributed by atoms with Gasteiger partial charge in [0, 0.05) is 5.41 Å². The zero-order valence-electron chi connectivity index (χ0n) is 14.8. The number of para-hydroxylation sites is 1. The van der Waals surface area contributed by atoms with Crippen molar-refractivity contribution in [1.82, 2.24) is 0 Å². The Bertz CT molecular complexity index is 812. The molecule has 0 heterocycles. The molecule has 2 fully saturated rings. The van der Waals surface area contributed by atoms with Crippen molar-refractivity contribution < 1.29 is 23.9 Å². The molecule has 2 bridgehead atoms. The highest BCUT2D eigenvalue weighted by Crippen LogP contribution is 2.69. The summed E-state index contributed by atoms with van der Waals surface area (Å²) in [5, 5.41) is 2.70. The fourth-order valence-corrected chi connectivity index (χ4v) is 4.38. The predicted octanol–water partition coefficient (Wildman–Crippen LogP) is 2.38. The van der Waals surface area contributed by atoms with E-state index in [0.29, 0.717) is 12.8 Å². The monoisotopic (exact) mass is 343 g/mol. The van der Waals surface area contributed by atoms with E-state index in [9.17, 15) is 19.2 Å². The molecule has 1 aromatic carbocycles. The summed E-state index contributed by atoms with van der Waals surface area (Å²) in [5.74, 6) is -2.22. The van der Waals surface area contributed by atoms with Gasteiger partial charge in [0.2, 0.25) is 17.5 Å². The lowest BCUT2D eigenvalue weighted by molar-refractivity contribution is -0.147. The summed E-state index contributed by atoms with van der Waals surface area (Å²) in [6.07, 6.45) is 0.823. The van der Waals surface area contributed by atoms with E-state index in [1.165, 1.54) is 13.2 Å². The van der Waals surface area contributed by atoms with E-state index < -0.39 is 39.7 Å². The number of esters is 1. The molecule has 0 aliphatic heterocycles. The van der Waals surface area contributed by atoms with Crippen LogP contribution in [0.2, 0.25) is 0 Å². The number of Topliss-reactive ketones (excluding diaryl/α,β-unsaturated/α-hetero) is 2. The van der Waals surface area contributed by atoms with Crippen molar-refractivity contribution >= 4 is 29.1 Å². The zero-order chi connectivity index (χ0) is 18.6. The SMILES string of the molecule is COC(=O)c1ccccc1NC(=O)[C@@]12CC[C@](C)(C(=O)C1=O)C2(C)C. The Labute approximate surface area is 145 Å². The number of fused-ring (bicyclic) bond motifs is 2. The van der Waals surface area contributed by atoms with E-state index in [1.54, 1.807) is 39.0 Å². The first-order valence-corrected chi connectivity index (χ1v) is 8.21. The fraction of sp³-hybridized carbons (Fsp3) is 0.474. The Morgan fingerprint density at radius 3 is 2.24 bits per heavy atom. The second-order valence-corrected chi connectivity index (χ2v) is 7.51. The number of ether oxygens (including phenoxy) is 1. The van der Waals surface area contributed by atoms with Crippen LogP contribution in [0.15, 0.2) is 24.3 Å². The molecule has 2 atom stereocenters. The molecule has 132 valence electrons. The number of benzene rings is 1. The summed E-state index contributed by atoms with van der Waals surface area (Å²) < 4.78 is 4.73. The lowest BCUT2D eigenvalue weighted by atomic mass is 9.64. The molecule has 0 spiro atoms. The third-order valence-electron chi connectivity index (χ3n) is 6.51. The summed E-state index contributed by atoms with van der Waals surface area (Å²) in [6.45, 7) is 5.36. The van der Waals surface area contributed by atoms with E-state index in [4.69, 9.17) is 4.74 Å². The van der Waals surface area contributed by atoms with Gasteiger partial charge >= 0.3 is 5.97 Å². The van der Waals surface area contributed by atoms with Crippen molar-refractivity contribution in [3.05, 3.63) is 29.8 Å². The van der Waals surface area contributed by atoms with Gasteiger partial charge in [-0.3, -0.25) is 14.4 Å². The third kappa shape index (κ3) is 1.91. The molecule has 1 amide bonds. The van der Waals surface area contributed by atoms with Gasteiger partial charge < -0.3 is 10.1 Å². The Morgan fingerprint density at radius 2 is 1.68 bits per heavy atom. The number of ketones is 2. The van der Waals surface area contributed by atoms with Crippen molar-refractivity contribution in [2.45, 2.75) is 33.6 Å². The van der Waals surface area contributed by atoms with Gasteiger partial charge in [-0.25, -0.2) is 4.79 Å². The number of carbonyl (C=O) groups is 4. The minimum Gasteiger partial charge on any atom is -0.465 e. The normalized spacial score (nSPS) is 29.6. The minimum atomic E-state index is -1.40. The quantitative estimate of drug-likeness (QED) is 0.517. The average molecular weight is 343 g/mol. The first-order chi connectivity index (χ1) is 11.6. The second-order valence-electron chi connectivity index (χ2n) is 7.51. The maximum atomic E-state index is 13.1. The molecule has 6 nitrogen and oxygen atoms in total. The summed E-state index contributed by atoms with van der Waals surface area (Å²) in [4.78, 5) is 50.2. The number of rotatable bonds is 3. The summed E-state index contributed by atoms with van der Waals surface area (Å²) >= 11 is 0. The van der Waals surface area contributed by atoms with Crippen molar-refractivity contribution in [2.75, 3.05) is 12.4 Å². The largest absolute Gasteiger partial charge is 0.465 e. The molecular formula is C19H21NO5. The van der Waals surface area contributed by atoms with E-state index in [-0.39, 0.29) is 11.3 Å². The predicted molar refractivity (Wildman–Crippen MR) is 90.0 cm³/mol. The van der Waals surface area contributed by atoms with Crippen LogP contribution >= 0.6 is 0 Å². The van der Waals surface area contributed by atoms with E-state index >= 15 is 0 Å². The smallest absolute Gasteiger partial charge is 0.339 e. The van der Waals surface area contributed by atoms with E-state index in [0.717, 1.165) is 0 Å². The van der Waals surface area contributed by atoms with Crippen molar-refractivity contribution in [3.8, 4) is 0 Å². The van der Waals surface area contributed by atoms with Crippen molar-refractivity contribution in [3.63, 3.8) is 0 Å². The highest BCUT2D eigenvalue weighted by atomic mass is 16.5. The number of amides is 1. The first-order valence-electron chi connectivity index (χ1n) is 8.21. The number of anilines is 1. The van der Waals surface area contributed by atoms with Crippen LogP contribution in [0, 0.1) is 16.2 Å². The molecule has 25 heavy (non-hydrogen) atoms. The van der Waals surface area contributed by atoms with Crippen LogP contribution in [-0.2, 0) is 19.1 Å². The molecule has 0 unspecified atom stereocenters. The molecule has 0 radical (unpaired) electrons. The summed E-state index contributed by atoms with van der Waals surface area (Å²) in [5.41, 5.74) is -2.56. The molecule has 3 rings (SSSR count). The molecule has 0 aromatic heterocycles. The van der Waals surface area contributed by atoms with Gasteiger partial charge in [-0.1, -0.05) is 32.9 Å². The summed E-state index contributed by atoms with van der Waals surface area (Å²) in [6, 6.07) is 6.43. The van der Waals surface area contributed by atoms with E-state index in [2.05, 4.69) is 5.32 Å². The maximum absolute atomic E-state index is 13.1. The second kappa shape index (κ2) is 5.25. The van der Waals surface area contributed by atoms with Crippen LogP contribution in [-0.4, -0.2) is 30.6 Å². The number of carbonyl (C=O) groups excluding carboxylic acids is 4. The molecule has 6 heteroatoms. The fourth-order valence-electron chi connectivity index (χ4n) is 4.38. The van der Waals surface area contributed by atoms with Crippen LogP contribution in [0.1, 0.15) is 44.0 Å². The Morgan fingerprint density at radius 1 is 1.04 bits per heavy atom. The van der Waals surface area contributed by atoms with Crippen molar-refractivity contribution in [2.24, 2.45) is 16.2 Å². The van der Waals surface area contributed by atoms with Gasteiger partial charge in [0.25, 0.3) is 0 Å². The zero-order valence-corrected chi connectivity index (χ0v) is 14.8. The Balaban J connectivity index is 2.02. The third-order valence-corrected chi connectivity index (χ3v) is 6.51. The van der Waals surface area contributed by atoms with Crippen molar-refractivity contribution in [1.29, 1.82) is 0 Å². The van der Waals surface area contributed by atoms with Crippen LogP contribution in [0.4, 0.5) is 5.69 Å². The van der Waals surface area contributed by atoms with Crippen LogP contribution in [0.25, 0.3) is 0 Å². The minimum absolute atomic E-state index is 0.199. The molecule has 0 saturated heterocycles. The molecule has 2 saturated carbocycles. The van der Waals surface area contributed by atoms with Gasteiger partial charge in [0.05, 0.1) is 18.4 Å². The number of methoxy groups -OCH3 is 1. The van der Waals surface area contributed by atoms with E-state index in [1.807, 2.05) is 0 Å². The average Bonchev–Trinajstić information content (AvgIpc) is 2.86. The first kappa shape index (κ1) is 17.3. The van der Waals surface area contributed by atoms with Gasteiger partial charge in [-0.05, 0) is 30.4 Å². The Hall–Kier alpha value is -2.50. The molecule has 2 aliphatic rings. The number of nitrogens with one attached hydrogen (secondary N) is 1. The topological polar surface area (TPSA) is 89.5 Å². The molecule has 1 N–H and O–H groups in total. The van der Waals surface area contributed by atoms with Gasteiger partial charge in [-0.15, -0.1) is 0 Å². The highest BCUT2D eigenvalue weighted by molar-refractivity contribution is 6.49. The standard InChI is InChI=1S/C19H21NO5/c1-17(2)18(3)9-10-19(17,14(22)13(18)21)16(24)20-12-8-6-5-7-11(12)15(23)25-4/h5-8H,9-10H2,1-4H3,(H,20,24)/t18-,19-/m1/s1. The van der Waals surface area contributed by atoms with Gasteiger partial charge in [0.1, 0.15) is 5.41 Å². The molecule has 2 aliphatic carbocycles. The Kier molecular flexibility index (Phi) is 3.64. The molecule has 1 aromatic rings. The van der Waals surface area contributed by atoms with Gasteiger partial charge in [0.15, 0.2) is 0 Å². The van der Waals surface area contributed by atoms with Crippen LogP contribution in [0.5, 0.6) is 0 Å². The maximum Gasteiger partial charge on any atom is 0.339 e. The van der Waals surface area contributed by atoms with Crippen LogP contribution < -0.4 is 5.32 Å². The highest BCUT2D eigenvalue weighted by Gasteiger charge is 2.77. The number of hydrogen-bond donors (Lipinski definition) is 1. The van der Waals surface area contributed by atoms with Gasteiger partial charge in [-0.2, -0.15) is 0 Å². The lowest BCUT2D eigenvalue weighted by Gasteiger charge is -2.37. The number of hydrogen-bond acceptors (Lipinski definition) is 5. The van der Waals surface area contributed by atoms with Crippen LogP contribution in [0.3, 0.4) is 0 Å². The molecular weight excluding hydrogens is 322 g/mol. The lowest BCUT2D eigenvalue weighted by Crippen LogP contribution is -2.48. The summed E-state index contributed by atoms with van der Waals surface area (Å²) in [7, 11) is 1.25.